The second kappa shape index (κ2) is 10.4. The van der Waals surface area contributed by atoms with Gasteiger partial charge >= 0.3 is 0 Å². The number of hydrogen-bond acceptors (Lipinski definition) is 3. The third-order valence-corrected chi connectivity index (χ3v) is 1.64. The Morgan fingerprint density at radius 1 is 1.00 bits per heavy atom. The van der Waals surface area contributed by atoms with Gasteiger partial charge in [-0.3, -0.25) is 5.43 Å². The van der Waals surface area contributed by atoms with Crippen molar-refractivity contribution >= 4 is 0 Å². The van der Waals surface area contributed by atoms with Crippen molar-refractivity contribution in [1.82, 2.24) is 10.7 Å². The zero-order chi connectivity index (χ0) is 9.07. The third kappa shape index (κ3) is 9.36. The Morgan fingerprint density at radius 2 is 1.67 bits per heavy atom. The van der Waals surface area contributed by atoms with Gasteiger partial charge in [-0.1, -0.05) is 18.1 Å². The van der Waals surface area contributed by atoms with Crippen molar-refractivity contribution in [2.75, 3.05) is 27.2 Å². The van der Waals surface area contributed by atoms with Crippen molar-refractivity contribution in [2.24, 2.45) is 10.3 Å². The van der Waals surface area contributed by atoms with Gasteiger partial charge in [0.05, 0.1) is 7.05 Å². The van der Waals surface area contributed by atoms with E-state index in [2.05, 4.69) is 21.1 Å². The molecule has 72 valence electrons. The Morgan fingerprint density at radius 3 is 2.25 bits per heavy atom. The number of nitrogens with one attached hydrogen (secondary N) is 2. The molecule has 0 heterocycles. The van der Waals surface area contributed by atoms with Crippen molar-refractivity contribution in [2.45, 2.75) is 25.7 Å². The van der Waals surface area contributed by atoms with Gasteiger partial charge in [-0.15, -0.1) is 0 Å². The lowest BCUT2D eigenvalue weighted by Crippen LogP contribution is -2.08. The molecular formula is C8H20N4. The molecule has 0 rings (SSSR count). The molecule has 0 aliphatic carbocycles. The molecule has 0 aromatic heterocycles. The smallest absolute Gasteiger partial charge is 0.0509 e. The van der Waals surface area contributed by atoms with E-state index < -0.39 is 0 Å². The summed E-state index contributed by atoms with van der Waals surface area (Å²) in [7, 11) is 3.66. The number of unbranched alkanes of at least 4 members (excludes halogenated alkanes) is 3. The fourth-order valence-corrected chi connectivity index (χ4v) is 0.980. The van der Waals surface area contributed by atoms with Crippen LogP contribution in [0, 0.1) is 0 Å². The van der Waals surface area contributed by atoms with Gasteiger partial charge in [-0.25, -0.2) is 0 Å². The van der Waals surface area contributed by atoms with E-state index in [4.69, 9.17) is 0 Å². The molecule has 4 heteroatoms. The molecule has 0 atom stereocenters. The second-order valence-corrected chi connectivity index (χ2v) is 2.73. The Bertz CT molecular complexity index is 103. The van der Waals surface area contributed by atoms with Gasteiger partial charge in [0, 0.05) is 6.54 Å². The molecular weight excluding hydrogens is 152 g/mol. The normalized spacial score (nSPS) is 10.8. The molecule has 0 radical (unpaired) electrons. The van der Waals surface area contributed by atoms with E-state index in [0.29, 0.717) is 0 Å². The van der Waals surface area contributed by atoms with E-state index in [9.17, 15) is 0 Å². The van der Waals surface area contributed by atoms with Crippen molar-refractivity contribution in [3.63, 3.8) is 0 Å². The summed E-state index contributed by atoms with van der Waals surface area (Å²) in [6, 6.07) is 0. The lowest BCUT2D eigenvalue weighted by Gasteiger charge is -2.00. The van der Waals surface area contributed by atoms with E-state index >= 15 is 0 Å². The minimum Gasteiger partial charge on any atom is -0.320 e. The van der Waals surface area contributed by atoms with Crippen LogP contribution >= 0.6 is 0 Å². The minimum atomic E-state index is 0.941. The van der Waals surface area contributed by atoms with Crippen LogP contribution in [0.4, 0.5) is 0 Å². The van der Waals surface area contributed by atoms with E-state index in [1.54, 1.807) is 7.05 Å². The van der Waals surface area contributed by atoms with Crippen LogP contribution < -0.4 is 10.7 Å². The molecule has 2 N–H and O–H groups in total. The van der Waals surface area contributed by atoms with Crippen molar-refractivity contribution in [3.05, 3.63) is 0 Å². The first-order chi connectivity index (χ1) is 5.91. The minimum absolute atomic E-state index is 0.941. The Labute approximate surface area is 74.8 Å². The summed E-state index contributed by atoms with van der Waals surface area (Å²) < 4.78 is 0. The average molecular weight is 172 g/mol. The summed E-state index contributed by atoms with van der Waals surface area (Å²) in [4.78, 5) is 0. The first-order valence-electron chi connectivity index (χ1n) is 4.58. The highest BCUT2D eigenvalue weighted by atomic mass is 15.4. The molecule has 0 bridgehead atoms. The zero-order valence-electron chi connectivity index (χ0n) is 8.14. The monoisotopic (exact) mass is 172 g/mol. The van der Waals surface area contributed by atoms with E-state index in [0.717, 1.165) is 13.1 Å². The Kier molecular flexibility index (Phi) is 9.81. The van der Waals surface area contributed by atoms with Crippen molar-refractivity contribution in [3.8, 4) is 0 Å². The molecule has 0 amide bonds. The average Bonchev–Trinajstić information content (AvgIpc) is 2.10. The highest BCUT2D eigenvalue weighted by Gasteiger charge is 1.87. The molecule has 0 saturated carbocycles. The maximum atomic E-state index is 3.67. The predicted octanol–water partition coefficient (Wildman–Crippen LogP) is 1.35. The summed E-state index contributed by atoms with van der Waals surface area (Å²) >= 11 is 0. The fourth-order valence-electron chi connectivity index (χ4n) is 0.980. The summed E-state index contributed by atoms with van der Waals surface area (Å²) in [6.07, 6.45) is 5.02. The number of nitrogens with zero attached hydrogens (tertiary/aromatic N) is 2. The second-order valence-electron chi connectivity index (χ2n) is 2.73. The van der Waals surface area contributed by atoms with Gasteiger partial charge in [0.1, 0.15) is 0 Å². The van der Waals surface area contributed by atoms with Gasteiger partial charge in [0.25, 0.3) is 0 Å². The molecule has 0 aliphatic heterocycles. The van der Waals surface area contributed by atoms with E-state index in [-0.39, 0.29) is 0 Å². The summed E-state index contributed by atoms with van der Waals surface area (Å²) in [5.74, 6) is 0. The quantitative estimate of drug-likeness (QED) is 0.330. The lowest BCUT2D eigenvalue weighted by molar-refractivity contribution is 0.577. The van der Waals surface area contributed by atoms with Gasteiger partial charge < -0.3 is 5.32 Å². The van der Waals surface area contributed by atoms with Crippen LogP contribution in [-0.4, -0.2) is 27.2 Å². The molecule has 0 unspecified atom stereocenters. The largest absolute Gasteiger partial charge is 0.320 e. The fraction of sp³-hybridized carbons (Fsp3) is 1.00. The maximum Gasteiger partial charge on any atom is 0.0509 e. The SMILES string of the molecule is CN=NNCCCCCCNC. The van der Waals surface area contributed by atoms with Crippen LogP contribution in [0.1, 0.15) is 25.7 Å². The zero-order valence-corrected chi connectivity index (χ0v) is 8.14. The maximum absolute atomic E-state index is 3.67. The van der Waals surface area contributed by atoms with E-state index in [1.807, 2.05) is 7.05 Å². The van der Waals surface area contributed by atoms with Gasteiger partial charge in [0.2, 0.25) is 0 Å². The third-order valence-electron chi connectivity index (χ3n) is 1.64. The lowest BCUT2D eigenvalue weighted by atomic mass is 10.2. The highest BCUT2D eigenvalue weighted by Crippen LogP contribution is 1.97. The molecule has 0 aromatic rings. The molecule has 12 heavy (non-hydrogen) atoms. The molecule has 0 fully saturated rings. The first kappa shape index (κ1) is 11.4. The summed E-state index contributed by atoms with van der Waals surface area (Å²) in [6.45, 7) is 2.07. The Hall–Kier alpha value is -0.640. The van der Waals surface area contributed by atoms with Crippen LogP contribution in [0.25, 0.3) is 0 Å². The molecule has 4 nitrogen and oxygen atoms in total. The van der Waals surface area contributed by atoms with Crippen LogP contribution in [0.3, 0.4) is 0 Å². The van der Waals surface area contributed by atoms with Crippen LogP contribution in [-0.2, 0) is 0 Å². The number of hydrogen-bond donors (Lipinski definition) is 2. The van der Waals surface area contributed by atoms with Crippen LogP contribution in [0.2, 0.25) is 0 Å². The van der Waals surface area contributed by atoms with Gasteiger partial charge in [-0.2, -0.15) is 5.11 Å². The summed E-state index contributed by atoms with van der Waals surface area (Å²) in [5, 5.41) is 10.4. The molecule has 0 spiro atoms. The number of rotatable bonds is 8. The molecule has 0 aromatic carbocycles. The standard InChI is InChI=1S/C8H20N4/c1-9-7-5-3-4-6-8-11-12-10-2/h9H,3-8H2,1-2H3,(H,10,11). The van der Waals surface area contributed by atoms with Crippen LogP contribution in [0.5, 0.6) is 0 Å². The van der Waals surface area contributed by atoms with E-state index in [1.165, 1.54) is 25.7 Å². The van der Waals surface area contributed by atoms with Gasteiger partial charge in [-0.05, 0) is 26.4 Å². The van der Waals surface area contributed by atoms with Crippen LogP contribution in [0.15, 0.2) is 10.3 Å². The predicted molar refractivity (Wildman–Crippen MR) is 51.2 cm³/mol. The summed E-state index contributed by atoms with van der Waals surface area (Å²) in [5.41, 5.74) is 2.87. The van der Waals surface area contributed by atoms with Crippen molar-refractivity contribution in [1.29, 1.82) is 0 Å². The first-order valence-corrected chi connectivity index (χ1v) is 4.58. The topological polar surface area (TPSA) is 48.8 Å². The molecule has 0 aliphatic rings. The van der Waals surface area contributed by atoms with Crippen molar-refractivity contribution < 1.29 is 0 Å². The highest BCUT2D eigenvalue weighted by molar-refractivity contribution is 4.46. The van der Waals surface area contributed by atoms with Gasteiger partial charge in [0.15, 0.2) is 0 Å². The Balaban J connectivity index is 2.81. The molecule has 0 saturated heterocycles.